The fourth-order valence-electron chi connectivity index (χ4n) is 3.67. The molecule has 1 heterocycles. The maximum atomic E-state index is 12.5. The minimum absolute atomic E-state index is 0.0858. The molecule has 0 saturated heterocycles. The average molecular weight is 385 g/mol. The fourth-order valence-corrected chi connectivity index (χ4v) is 3.67. The van der Waals surface area contributed by atoms with Gasteiger partial charge < -0.3 is 15.6 Å². The third-order valence-electron chi connectivity index (χ3n) is 5.16. The first kappa shape index (κ1) is 18.7. The summed E-state index contributed by atoms with van der Waals surface area (Å²) in [5.74, 6) is -0.0858. The molecule has 0 radical (unpaired) electrons. The summed E-state index contributed by atoms with van der Waals surface area (Å²) in [5, 5.41) is 9.10. The monoisotopic (exact) mass is 385 g/mol. The maximum Gasteiger partial charge on any atom is 0.221 e. The molecule has 146 valence electrons. The van der Waals surface area contributed by atoms with E-state index in [0.29, 0.717) is 25.7 Å². The molecule has 0 unspecified atom stereocenters. The zero-order valence-electron chi connectivity index (χ0n) is 16.0. The second-order valence-electron chi connectivity index (χ2n) is 7.15. The molecule has 4 rings (SSSR count). The van der Waals surface area contributed by atoms with Gasteiger partial charge in [0.05, 0.1) is 0 Å². The van der Waals surface area contributed by atoms with E-state index in [0.717, 1.165) is 22.0 Å². The molecular formula is C24H23N3O2. The van der Waals surface area contributed by atoms with Crippen LogP contribution in [0.1, 0.15) is 17.5 Å². The van der Waals surface area contributed by atoms with Gasteiger partial charge in [0.15, 0.2) is 0 Å². The molecule has 1 aromatic heterocycles. The van der Waals surface area contributed by atoms with Crippen molar-refractivity contribution in [3.8, 4) is 0 Å². The number of carbonyl (C=O) groups excluding carboxylic acids is 2. The molecule has 0 fully saturated rings. The number of amides is 2. The van der Waals surface area contributed by atoms with E-state index in [2.05, 4.69) is 45.9 Å². The van der Waals surface area contributed by atoms with Gasteiger partial charge in [0.1, 0.15) is 6.17 Å². The number of aryl methyl sites for hydroxylation is 1. The van der Waals surface area contributed by atoms with Gasteiger partial charge in [-0.25, -0.2) is 0 Å². The first-order chi connectivity index (χ1) is 14.2. The van der Waals surface area contributed by atoms with E-state index in [4.69, 9.17) is 0 Å². The summed E-state index contributed by atoms with van der Waals surface area (Å²) < 4.78 is 0. The van der Waals surface area contributed by atoms with Gasteiger partial charge in [-0.05, 0) is 34.4 Å². The Kier molecular flexibility index (Phi) is 5.56. The molecular weight excluding hydrogens is 362 g/mol. The zero-order chi connectivity index (χ0) is 20.1. The van der Waals surface area contributed by atoms with Crippen LogP contribution >= 0.6 is 0 Å². The number of rotatable bonds is 8. The molecule has 3 N–H and O–H groups in total. The summed E-state index contributed by atoms with van der Waals surface area (Å²) >= 11 is 0. The molecule has 5 nitrogen and oxygen atoms in total. The zero-order valence-corrected chi connectivity index (χ0v) is 16.0. The Hall–Kier alpha value is -3.60. The number of aromatic amines is 1. The standard InChI is InChI=1S/C24H23N3O2/c28-16-26-23(14-20-15-25-22-8-4-3-7-21(20)22)27-24(29)12-10-17-9-11-18-5-1-2-6-19(18)13-17/h1-9,11,13,15-16,23,25H,10,12,14H2,(H,26,28)(H,27,29)/t23-/m1/s1. The summed E-state index contributed by atoms with van der Waals surface area (Å²) in [7, 11) is 0. The van der Waals surface area contributed by atoms with Gasteiger partial charge in [-0.2, -0.15) is 0 Å². The molecule has 1 atom stereocenters. The highest BCUT2D eigenvalue weighted by Crippen LogP contribution is 2.19. The summed E-state index contributed by atoms with van der Waals surface area (Å²) in [5.41, 5.74) is 3.21. The number of aromatic nitrogens is 1. The topological polar surface area (TPSA) is 74.0 Å². The van der Waals surface area contributed by atoms with Crippen molar-refractivity contribution in [1.82, 2.24) is 15.6 Å². The van der Waals surface area contributed by atoms with Crippen molar-refractivity contribution in [3.63, 3.8) is 0 Å². The van der Waals surface area contributed by atoms with Gasteiger partial charge >= 0.3 is 0 Å². The van der Waals surface area contributed by atoms with Crippen molar-refractivity contribution >= 4 is 34.0 Å². The summed E-state index contributed by atoms with van der Waals surface area (Å²) in [6, 6.07) is 22.4. The van der Waals surface area contributed by atoms with Crippen molar-refractivity contribution < 1.29 is 9.59 Å². The van der Waals surface area contributed by atoms with Crippen molar-refractivity contribution in [1.29, 1.82) is 0 Å². The van der Waals surface area contributed by atoms with Gasteiger partial charge in [0.2, 0.25) is 12.3 Å². The summed E-state index contributed by atoms with van der Waals surface area (Å²) in [6.45, 7) is 0. The number of fused-ring (bicyclic) bond motifs is 2. The predicted octanol–water partition coefficient (Wildman–Crippen LogP) is 3.68. The Labute approximate surface area is 169 Å². The predicted molar refractivity (Wildman–Crippen MR) is 115 cm³/mol. The summed E-state index contributed by atoms with van der Waals surface area (Å²) in [4.78, 5) is 26.7. The number of benzene rings is 3. The van der Waals surface area contributed by atoms with E-state index >= 15 is 0 Å². The Balaban J connectivity index is 1.38. The Morgan fingerprint density at radius 3 is 2.66 bits per heavy atom. The Morgan fingerprint density at radius 1 is 1.00 bits per heavy atom. The Morgan fingerprint density at radius 2 is 1.79 bits per heavy atom. The summed E-state index contributed by atoms with van der Waals surface area (Å²) in [6.07, 6.45) is 3.63. The van der Waals surface area contributed by atoms with E-state index in [-0.39, 0.29) is 5.91 Å². The molecule has 29 heavy (non-hydrogen) atoms. The number of para-hydroxylation sites is 1. The molecule has 0 bridgehead atoms. The van der Waals surface area contributed by atoms with Crippen molar-refractivity contribution in [2.75, 3.05) is 0 Å². The van der Waals surface area contributed by atoms with Gasteiger partial charge in [-0.1, -0.05) is 60.7 Å². The lowest BCUT2D eigenvalue weighted by atomic mass is 10.0. The number of hydrogen-bond acceptors (Lipinski definition) is 2. The van der Waals surface area contributed by atoms with E-state index in [1.54, 1.807) is 0 Å². The van der Waals surface area contributed by atoms with Crippen LogP contribution in [0.25, 0.3) is 21.7 Å². The third kappa shape index (κ3) is 4.46. The van der Waals surface area contributed by atoms with E-state index in [9.17, 15) is 9.59 Å². The fraction of sp³-hybridized carbons (Fsp3) is 0.167. The molecule has 3 aromatic carbocycles. The van der Waals surface area contributed by atoms with Crippen LogP contribution in [-0.2, 0) is 22.4 Å². The van der Waals surface area contributed by atoms with Crippen LogP contribution in [0.3, 0.4) is 0 Å². The molecule has 0 aliphatic rings. The smallest absolute Gasteiger partial charge is 0.221 e. The number of carbonyl (C=O) groups is 2. The number of H-pyrrole nitrogens is 1. The first-order valence-electron chi connectivity index (χ1n) is 9.74. The quantitative estimate of drug-likeness (QED) is 0.320. The molecule has 4 aromatic rings. The first-order valence-corrected chi connectivity index (χ1v) is 9.74. The van der Waals surface area contributed by atoms with Crippen LogP contribution in [0.15, 0.2) is 72.9 Å². The lowest BCUT2D eigenvalue weighted by Gasteiger charge is -2.18. The van der Waals surface area contributed by atoms with Gasteiger partial charge in [-0.3, -0.25) is 9.59 Å². The average Bonchev–Trinajstić information content (AvgIpc) is 3.15. The van der Waals surface area contributed by atoms with Gasteiger partial charge in [0.25, 0.3) is 0 Å². The number of nitrogens with one attached hydrogen (secondary N) is 3. The molecule has 0 aliphatic carbocycles. The van der Waals surface area contributed by atoms with Crippen LogP contribution in [-0.4, -0.2) is 23.5 Å². The molecule has 5 heteroatoms. The van der Waals surface area contributed by atoms with Crippen molar-refractivity contribution in [2.24, 2.45) is 0 Å². The molecule has 2 amide bonds. The van der Waals surface area contributed by atoms with Gasteiger partial charge in [0, 0.05) is 29.9 Å². The lowest BCUT2D eigenvalue weighted by Crippen LogP contribution is -2.46. The molecule has 0 aliphatic heterocycles. The van der Waals surface area contributed by atoms with Crippen LogP contribution in [0, 0.1) is 0 Å². The third-order valence-corrected chi connectivity index (χ3v) is 5.16. The second kappa shape index (κ2) is 8.61. The van der Waals surface area contributed by atoms with E-state index in [1.165, 1.54) is 10.8 Å². The highest BCUT2D eigenvalue weighted by atomic mass is 16.2. The maximum absolute atomic E-state index is 12.5. The molecule has 0 saturated carbocycles. The highest BCUT2D eigenvalue weighted by Gasteiger charge is 2.14. The van der Waals surface area contributed by atoms with E-state index < -0.39 is 6.17 Å². The minimum atomic E-state index is -0.448. The van der Waals surface area contributed by atoms with Crippen LogP contribution in [0.2, 0.25) is 0 Å². The van der Waals surface area contributed by atoms with Gasteiger partial charge in [-0.15, -0.1) is 0 Å². The normalized spacial score (nSPS) is 12.0. The lowest BCUT2D eigenvalue weighted by molar-refractivity contribution is -0.122. The largest absolute Gasteiger partial charge is 0.361 e. The van der Waals surface area contributed by atoms with Crippen LogP contribution < -0.4 is 10.6 Å². The van der Waals surface area contributed by atoms with Crippen molar-refractivity contribution in [3.05, 3.63) is 84.1 Å². The highest BCUT2D eigenvalue weighted by molar-refractivity contribution is 5.84. The van der Waals surface area contributed by atoms with Crippen LogP contribution in [0.4, 0.5) is 0 Å². The minimum Gasteiger partial charge on any atom is -0.361 e. The second-order valence-corrected chi connectivity index (χ2v) is 7.15. The van der Waals surface area contributed by atoms with Crippen molar-refractivity contribution in [2.45, 2.75) is 25.4 Å². The Bertz CT molecular complexity index is 1150. The molecule has 0 spiro atoms. The van der Waals surface area contributed by atoms with Crippen LogP contribution in [0.5, 0.6) is 0 Å². The number of hydrogen-bond donors (Lipinski definition) is 3. The SMILES string of the molecule is O=CN[C@@H](Cc1c[nH]c2ccccc12)NC(=O)CCc1ccc2ccccc2c1. The van der Waals surface area contributed by atoms with E-state index in [1.807, 2.05) is 42.6 Å².